The quantitative estimate of drug-likeness (QED) is 0.244. The first kappa shape index (κ1) is 20.0. The monoisotopic (exact) mass is 435 g/mol. The zero-order chi connectivity index (χ0) is 20.0. The van der Waals surface area contributed by atoms with Crippen LogP contribution in [0, 0.1) is 10.1 Å². The summed E-state index contributed by atoms with van der Waals surface area (Å²) in [4.78, 5) is 34.0. The van der Waals surface area contributed by atoms with Crippen LogP contribution in [0.1, 0.15) is 22.8 Å². The van der Waals surface area contributed by atoms with E-state index in [4.69, 9.17) is 9.47 Å². The second-order valence-electron chi connectivity index (χ2n) is 5.06. The van der Waals surface area contributed by atoms with Gasteiger partial charge in [0.1, 0.15) is 0 Å². The van der Waals surface area contributed by atoms with E-state index in [1.807, 2.05) is 0 Å². The van der Waals surface area contributed by atoms with Gasteiger partial charge in [-0.2, -0.15) is 5.10 Å². The molecule has 0 heterocycles. The maximum Gasteiger partial charge on any atom is 0.323 e. The number of hydrogen-bond donors (Lipinski definition) is 1. The van der Waals surface area contributed by atoms with Crippen LogP contribution in [-0.2, 0) is 4.79 Å². The molecule has 1 N–H and O–H groups in total. The molecule has 0 aliphatic rings. The molecule has 0 atom stereocenters. The van der Waals surface area contributed by atoms with Gasteiger partial charge in [0.25, 0.3) is 5.91 Å². The van der Waals surface area contributed by atoms with Gasteiger partial charge in [0.2, 0.25) is 5.75 Å². The third-order valence-corrected chi connectivity index (χ3v) is 3.95. The molecule has 9 nitrogen and oxygen atoms in total. The molecule has 0 saturated carbocycles. The van der Waals surface area contributed by atoms with Crippen molar-refractivity contribution >= 4 is 39.7 Å². The highest BCUT2D eigenvalue weighted by Gasteiger charge is 2.25. The van der Waals surface area contributed by atoms with Crippen molar-refractivity contribution in [1.29, 1.82) is 0 Å². The van der Waals surface area contributed by atoms with E-state index in [0.717, 1.165) is 13.1 Å². The Morgan fingerprint density at radius 2 is 1.96 bits per heavy atom. The van der Waals surface area contributed by atoms with Gasteiger partial charge in [0.15, 0.2) is 5.75 Å². The molecule has 0 bridgehead atoms. The maximum absolute atomic E-state index is 12.1. The van der Waals surface area contributed by atoms with Crippen molar-refractivity contribution in [3.8, 4) is 11.5 Å². The lowest BCUT2D eigenvalue weighted by Crippen LogP contribution is -2.18. The van der Waals surface area contributed by atoms with Crippen molar-refractivity contribution in [2.45, 2.75) is 6.92 Å². The van der Waals surface area contributed by atoms with E-state index in [1.54, 1.807) is 24.3 Å². The Kier molecular flexibility index (Phi) is 6.61. The zero-order valence-electron chi connectivity index (χ0n) is 14.3. The molecule has 0 aliphatic heterocycles. The van der Waals surface area contributed by atoms with Crippen LogP contribution in [0.5, 0.6) is 11.5 Å². The van der Waals surface area contributed by atoms with Crippen LogP contribution < -0.4 is 14.9 Å². The third-order valence-electron chi connectivity index (χ3n) is 3.26. The first-order chi connectivity index (χ1) is 12.8. The molecule has 1 amide bonds. The van der Waals surface area contributed by atoms with Gasteiger partial charge in [-0.15, -0.1) is 0 Å². The summed E-state index contributed by atoms with van der Waals surface area (Å²) in [5.41, 5.74) is 2.25. The number of carbonyl (C=O) groups excluding carboxylic acids is 2. The van der Waals surface area contributed by atoms with Crippen LogP contribution in [0.15, 0.2) is 46.0 Å². The number of hydrogen-bond acceptors (Lipinski definition) is 7. The first-order valence-electron chi connectivity index (χ1n) is 7.47. The molecule has 140 valence electrons. The Hall–Kier alpha value is -3.27. The number of nitro groups is 1. The lowest BCUT2D eigenvalue weighted by Gasteiger charge is -2.09. The molecule has 0 aromatic heterocycles. The lowest BCUT2D eigenvalue weighted by atomic mass is 10.1. The molecular weight excluding hydrogens is 422 g/mol. The highest BCUT2D eigenvalue weighted by Crippen LogP contribution is 2.39. The van der Waals surface area contributed by atoms with Crippen LogP contribution >= 0.6 is 15.9 Å². The molecular formula is C17H14BrN3O6. The highest BCUT2D eigenvalue weighted by atomic mass is 79.9. The highest BCUT2D eigenvalue weighted by molar-refractivity contribution is 9.10. The lowest BCUT2D eigenvalue weighted by molar-refractivity contribution is -0.385. The van der Waals surface area contributed by atoms with E-state index in [9.17, 15) is 19.7 Å². The van der Waals surface area contributed by atoms with Crippen molar-refractivity contribution < 1.29 is 24.0 Å². The molecule has 10 heteroatoms. The van der Waals surface area contributed by atoms with Gasteiger partial charge >= 0.3 is 11.7 Å². The van der Waals surface area contributed by atoms with E-state index in [-0.39, 0.29) is 17.1 Å². The van der Waals surface area contributed by atoms with Gasteiger partial charge in [0, 0.05) is 11.4 Å². The van der Waals surface area contributed by atoms with Crippen LogP contribution in [0.4, 0.5) is 5.69 Å². The number of halogens is 1. The van der Waals surface area contributed by atoms with Gasteiger partial charge in [0.05, 0.1) is 29.4 Å². The van der Waals surface area contributed by atoms with E-state index in [0.29, 0.717) is 10.0 Å². The summed E-state index contributed by atoms with van der Waals surface area (Å²) in [6.07, 6.45) is 1.10. The summed E-state index contributed by atoms with van der Waals surface area (Å²) >= 11 is 3.25. The second kappa shape index (κ2) is 8.90. The van der Waals surface area contributed by atoms with Gasteiger partial charge in [-0.3, -0.25) is 19.7 Å². The van der Waals surface area contributed by atoms with E-state index >= 15 is 0 Å². The molecule has 0 radical (unpaired) electrons. The van der Waals surface area contributed by atoms with Gasteiger partial charge < -0.3 is 9.47 Å². The fourth-order valence-corrected chi connectivity index (χ4v) is 2.62. The minimum absolute atomic E-state index is 0.0557. The number of amides is 1. The smallest absolute Gasteiger partial charge is 0.323 e. The standard InChI is InChI=1S/C17H14BrN3O6/c1-10(22)27-14-8-7-11(15(21(24)25)16(14)26-2)9-19-20-17(23)12-5-3-4-6-13(12)18/h3-9H,1-2H3,(H,20,23)/b19-9+. The molecule has 2 aromatic rings. The molecule has 0 unspecified atom stereocenters. The number of nitrogens with zero attached hydrogens (tertiary/aromatic N) is 2. The SMILES string of the molecule is COc1c(OC(C)=O)ccc(/C=N/NC(=O)c2ccccc2Br)c1[N+](=O)[O-]. The zero-order valence-corrected chi connectivity index (χ0v) is 15.8. The summed E-state index contributed by atoms with van der Waals surface area (Å²) in [6.45, 7) is 1.16. The van der Waals surface area contributed by atoms with Crippen molar-refractivity contribution in [3.05, 3.63) is 62.1 Å². The van der Waals surface area contributed by atoms with E-state index < -0.39 is 22.5 Å². The number of nitrogens with one attached hydrogen (secondary N) is 1. The van der Waals surface area contributed by atoms with Crippen molar-refractivity contribution in [1.82, 2.24) is 5.43 Å². The number of methoxy groups -OCH3 is 1. The number of esters is 1. The third kappa shape index (κ3) is 4.88. The predicted molar refractivity (Wildman–Crippen MR) is 100 cm³/mol. The number of rotatable bonds is 6. The molecule has 27 heavy (non-hydrogen) atoms. The predicted octanol–water partition coefficient (Wildman–Crippen LogP) is 3.06. The molecule has 0 fully saturated rings. The fourth-order valence-electron chi connectivity index (χ4n) is 2.16. The van der Waals surface area contributed by atoms with Crippen LogP contribution in [-0.4, -0.2) is 30.1 Å². The Bertz CT molecular complexity index is 929. The Labute approximate surface area is 162 Å². The van der Waals surface area contributed by atoms with Gasteiger partial charge in [-0.1, -0.05) is 12.1 Å². The molecule has 0 spiro atoms. The van der Waals surface area contributed by atoms with Crippen molar-refractivity contribution in [3.63, 3.8) is 0 Å². The summed E-state index contributed by atoms with van der Waals surface area (Å²) in [6, 6.07) is 9.39. The average molecular weight is 436 g/mol. The van der Waals surface area contributed by atoms with Crippen LogP contribution in [0.25, 0.3) is 0 Å². The molecule has 2 rings (SSSR count). The molecule has 0 saturated heterocycles. The maximum atomic E-state index is 12.1. The minimum Gasteiger partial charge on any atom is -0.488 e. The number of ether oxygens (including phenoxy) is 2. The normalized spacial score (nSPS) is 10.5. The minimum atomic E-state index is -0.692. The Morgan fingerprint density at radius 3 is 2.56 bits per heavy atom. The summed E-state index contributed by atoms with van der Waals surface area (Å²) in [7, 11) is 1.21. The molecule has 2 aromatic carbocycles. The molecule has 0 aliphatic carbocycles. The summed E-state index contributed by atoms with van der Waals surface area (Å²) in [5.74, 6) is -1.46. The van der Waals surface area contributed by atoms with Gasteiger partial charge in [-0.25, -0.2) is 5.43 Å². The van der Waals surface area contributed by atoms with Crippen molar-refractivity contribution in [2.24, 2.45) is 5.10 Å². The largest absolute Gasteiger partial charge is 0.488 e. The summed E-state index contributed by atoms with van der Waals surface area (Å²) < 4.78 is 10.5. The number of carbonyl (C=O) groups is 2. The second-order valence-corrected chi connectivity index (χ2v) is 5.92. The average Bonchev–Trinajstić information content (AvgIpc) is 2.61. The van der Waals surface area contributed by atoms with E-state index in [1.165, 1.54) is 19.2 Å². The number of benzene rings is 2. The topological polar surface area (TPSA) is 120 Å². The Morgan fingerprint density at radius 1 is 1.26 bits per heavy atom. The number of hydrazone groups is 1. The van der Waals surface area contributed by atoms with Gasteiger partial charge in [-0.05, 0) is 40.2 Å². The van der Waals surface area contributed by atoms with E-state index in [2.05, 4.69) is 26.5 Å². The Balaban J connectivity index is 2.31. The summed E-state index contributed by atoms with van der Waals surface area (Å²) in [5, 5.41) is 15.2. The first-order valence-corrected chi connectivity index (χ1v) is 8.26. The number of nitro benzene ring substituents is 1. The van der Waals surface area contributed by atoms with Crippen LogP contribution in [0.3, 0.4) is 0 Å². The fraction of sp³-hybridized carbons (Fsp3) is 0.118. The van der Waals surface area contributed by atoms with Crippen molar-refractivity contribution in [2.75, 3.05) is 7.11 Å². The van der Waals surface area contributed by atoms with Crippen LogP contribution in [0.2, 0.25) is 0 Å².